The van der Waals surface area contributed by atoms with E-state index in [0.717, 1.165) is 42.7 Å². The predicted molar refractivity (Wildman–Crippen MR) is 110 cm³/mol. The molecule has 0 aliphatic carbocycles. The van der Waals surface area contributed by atoms with Crippen LogP contribution in [0, 0.1) is 6.92 Å². The maximum Gasteiger partial charge on any atom is 0.305 e. The quantitative estimate of drug-likeness (QED) is 0.408. The van der Waals surface area contributed by atoms with Crippen LogP contribution in [-0.2, 0) is 9.53 Å². The number of anilines is 1. The van der Waals surface area contributed by atoms with Crippen molar-refractivity contribution < 1.29 is 19.0 Å². The van der Waals surface area contributed by atoms with Gasteiger partial charge in [0.25, 0.3) is 0 Å². The number of benzene rings is 1. The summed E-state index contributed by atoms with van der Waals surface area (Å²) in [5, 5.41) is 11.8. The van der Waals surface area contributed by atoms with Crippen molar-refractivity contribution in [3.05, 3.63) is 18.0 Å². The average Bonchev–Trinajstić information content (AvgIpc) is 3.11. The highest BCUT2D eigenvalue weighted by molar-refractivity contribution is 5.85. The van der Waals surface area contributed by atoms with E-state index in [4.69, 9.17) is 19.2 Å². The predicted octanol–water partition coefficient (Wildman–Crippen LogP) is 3.14. The molecule has 0 saturated carbocycles. The van der Waals surface area contributed by atoms with Gasteiger partial charge < -0.3 is 19.5 Å². The second-order valence-electron chi connectivity index (χ2n) is 6.61. The van der Waals surface area contributed by atoms with Crippen LogP contribution in [0.4, 0.5) is 5.82 Å². The van der Waals surface area contributed by atoms with Gasteiger partial charge in [0.2, 0.25) is 5.65 Å². The summed E-state index contributed by atoms with van der Waals surface area (Å²) in [6.07, 6.45) is 3.09. The Balaban J connectivity index is 1.76. The van der Waals surface area contributed by atoms with Crippen molar-refractivity contribution in [2.24, 2.45) is 0 Å². The summed E-state index contributed by atoms with van der Waals surface area (Å²) in [5.74, 6) is 2.52. The molecule has 0 atom stereocenters. The molecule has 1 aromatic carbocycles. The van der Waals surface area contributed by atoms with Crippen molar-refractivity contribution in [3.8, 4) is 11.5 Å². The van der Waals surface area contributed by atoms with Gasteiger partial charge >= 0.3 is 5.97 Å². The Morgan fingerprint density at radius 3 is 2.59 bits per heavy atom. The molecule has 0 aliphatic rings. The Bertz CT molecular complexity index is 1000. The summed E-state index contributed by atoms with van der Waals surface area (Å²) >= 11 is 0. The summed E-state index contributed by atoms with van der Waals surface area (Å²) in [6.45, 7) is 4.86. The van der Waals surface area contributed by atoms with Gasteiger partial charge in [0.15, 0.2) is 17.3 Å². The second-order valence-corrected chi connectivity index (χ2v) is 6.61. The molecule has 3 rings (SSSR count). The molecule has 0 unspecified atom stereocenters. The largest absolute Gasteiger partial charge is 0.493 e. The van der Waals surface area contributed by atoms with Crippen LogP contribution in [0.25, 0.3) is 16.7 Å². The molecule has 9 heteroatoms. The number of nitrogens with zero attached hydrogens (tertiary/aromatic N) is 4. The van der Waals surface area contributed by atoms with E-state index in [1.165, 1.54) is 0 Å². The number of unbranched alkanes of at least 4 members (excludes halogenated alkanes) is 2. The number of hydrogen-bond acceptors (Lipinski definition) is 8. The minimum atomic E-state index is -0.137. The number of fused-ring (bicyclic) bond motifs is 3. The van der Waals surface area contributed by atoms with Crippen LogP contribution >= 0.6 is 0 Å². The summed E-state index contributed by atoms with van der Waals surface area (Å²) in [7, 11) is 3.20. The first-order valence-electron chi connectivity index (χ1n) is 9.76. The smallest absolute Gasteiger partial charge is 0.305 e. The number of carbonyl (C=O) groups excluding carboxylic acids is 1. The van der Waals surface area contributed by atoms with E-state index in [2.05, 4.69) is 15.5 Å². The van der Waals surface area contributed by atoms with E-state index in [1.54, 1.807) is 14.2 Å². The minimum Gasteiger partial charge on any atom is -0.493 e. The number of hydrogen-bond donors (Lipinski definition) is 1. The summed E-state index contributed by atoms with van der Waals surface area (Å²) in [4.78, 5) is 16.1. The zero-order chi connectivity index (χ0) is 20.8. The van der Waals surface area contributed by atoms with Crippen molar-refractivity contribution in [2.75, 3.05) is 32.7 Å². The van der Waals surface area contributed by atoms with Crippen LogP contribution in [0.1, 0.15) is 38.4 Å². The first-order valence-corrected chi connectivity index (χ1v) is 9.76. The van der Waals surface area contributed by atoms with Gasteiger partial charge in [-0.15, -0.1) is 10.2 Å². The van der Waals surface area contributed by atoms with Gasteiger partial charge in [-0.1, -0.05) is 6.42 Å². The van der Waals surface area contributed by atoms with Crippen molar-refractivity contribution in [3.63, 3.8) is 0 Å². The molecule has 0 bridgehead atoms. The topological polar surface area (TPSA) is 99.9 Å². The molecule has 9 nitrogen and oxygen atoms in total. The Hall–Kier alpha value is -3.10. The van der Waals surface area contributed by atoms with E-state index in [1.807, 2.05) is 30.4 Å². The summed E-state index contributed by atoms with van der Waals surface area (Å²) < 4.78 is 17.7. The molecular formula is C20H27N5O4. The normalized spacial score (nSPS) is 11.0. The molecule has 3 aromatic rings. The van der Waals surface area contributed by atoms with Gasteiger partial charge in [-0.05, 0) is 26.7 Å². The molecule has 1 N–H and O–H groups in total. The number of nitrogens with one attached hydrogen (secondary N) is 1. The lowest BCUT2D eigenvalue weighted by Crippen LogP contribution is -2.08. The van der Waals surface area contributed by atoms with Gasteiger partial charge in [-0.3, -0.25) is 9.20 Å². The Morgan fingerprint density at radius 2 is 1.86 bits per heavy atom. The molecule has 0 saturated heterocycles. The standard InChI is InChI=1S/C20H27N5O4/c1-5-29-18(26)9-7-6-8-10-21-19-20-24-23-13(2)25(20)15-12-17(28-4)16(27-3)11-14(15)22-19/h11-12H,5-10H2,1-4H3,(H,21,22). The monoisotopic (exact) mass is 401 g/mol. The van der Waals surface area contributed by atoms with Crippen molar-refractivity contribution in [1.29, 1.82) is 0 Å². The fourth-order valence-corrected chi connectivity index (χ4v) is 3.23. The second kappa shape index (κ2) is 9.40. The number of aromatic nitrogens is 4. The van der Waals surface area contributed by atoms with Crippen LogP contribution in [0.2, 0.25) is 0 Å². The van der Waals surface area contributed by atoms with E-state index < -0.39 is 0 Å². The molecule has 0 spiro atoms. The summed E-state index contributed by atoms with van der Waals surface area (Å²) in [6, 6.07) is 3.72. The third-order valence-electron chi connectivity index (χ3n) is 4.65. The van der Waals surface area contributed by atoms with Gasteiger partial charge in [0, 0.05) is 25.1 Å². The number of ether oxygens (including phenoxy) is 3. The van der Waals surface area contributed by atoms with Crippen LogP contribution in [0.3, 0.4) is 0 Å². The van der Waals surface area contributed by atoms with Crippen LogP contribution in [0.5, 0.6) is 11.5 Å². The zero-order valence-electron chi connectivity index (χ0n) is 17.3. The number of rotatable bonds is 10. The Morgan fingerprint density at radius 1 is 1.10 bits per heavy atom. The third kappa shape index (κ3) is 4.49. The molecule has 0 aliphatic heterocycles. The van der Waals surface area contributed by atoms with Crippen LogP contribution in [-0.4, -0.2) is 52.9 Å². The van der Waals surface area contributed by atoms with Crippen LogP contribution < -0.4 is 14.8 Å². The SMILES string of the molecule is CCOC(=O)CCCCCNc1nc2cc(OC)c(OC)cc2n2c(C)nnc12. The van der Waals surface area contributed by atoms with Gasteiger partial charge in [-0.2, -0.15) is 0 Å². The first kappa shape index (κ1) is 20.6. The number of methoxy groups -OCH3 is 2. The molecule has 0 fully saturated rings. The number of esters is 1. The molecule has 2 heterocycles. The number of carbonyl (C=O) groups is 1. The lowest BCUT2D eigenvalue weighted by atomic mass is 10.2. The van der Waals surface area contributed by atoms with E-state index in [9.17, 15) is 4.79 Å². The lowest BCUT2D eigenvalue weighted by Gasteiger charge is -2.13. The highest BCUT2D eigenvalue weighted by atomic mass is 16.5. The Labute approximate surface area is 169 Å². The zero-order valence-corrected chi connectivity index (χ0v) is 17.3. The van der Waals surface area contributed by atoms with E-state index >= 15 is 0 Å². The fourth-order valence-electron chi connectivity index (χ4n) is 3.23. The molecule has 0 amide bonds. The molecule has 2 aromatic heterocycles. The maximum absolute atomic E-state index is 11.4. The third-order valence-corrected chi connectivity index (χ3v) is 4.65. The van der Waals surface area contributed by atoms with E-state index in [-0.39, 0.29) is 5.97 Å². The first-order chi connectivity index (χ1) is 14.1. The van der Waals surface area contributed by atoms with Crippen LogP contribution in [0.15, 0.2) is 12.1 Å². The number of aryl methyl sites for hydroxylation is 1. The Kier molecular flexibility index (Phi) is 6.69. The van der Waals surface area contributed by atoms with Gasteiger partial charge in [0.05, 0.1) is 31.9 Å². The highest BCUT2D eigenvalue weighted by Gasteiger charge is 2.16. The molecule has 156 valence electrons. The van der Waals surface area contributed by atoms with Gasteiger partial charge in [-0.25, -0.2) is 4.98 Å². The molecule has 29 heavy (non-hydrogen) atoms. The fraction of sp³-hybridized carbons (Fsp3) is 0.500. The molecule has 0 radical (unpaired) electrons. The van der Waals surface area contributed by atoms with Crippen molar-refractivity contribution in [2.45, 2.75) is 39.5 Å². The molecular weight excluding hydrogens is 374 g/mol. The lowest BCUT2D eigenvalue weighted by molar-refractivity contribution is -0.143. The van der Waals surface area contributed by atoms with E-state index in [0.29, 0.717) is 36.0 Å². The minimum absolute atomic E-state index is 0.137. The summed E-state index contributed by atoms with van der Waals surface area (Å²) in [5.41, 5.74) is 2.26. The maximum atomic E-state index is 11.4. The average molecular weight is 401 g/mol. The van der Waals surface area contributed by atoms with Gasteiger partial charge in [0.1, 0.15) is 5.82 Å². The van der Waals surface area contributed by atoms with Crippen molar-refractivity contribution in [1.82, 2.24) is 19.6 Å². The van der Waals surface area contributed by atoms with Crippen molar-refractivity contribution >= 4 is 28.5 Å². The highest BCUT2D eigenvalue weighted by Crippen LogP contribution is 2.33.